The molecule has 1 rings (SSSR count). The van der Waals surface area contributed by atoms with Gasteiger partial charge in [0.1, 0.15) is 0 Å². The second-order valence-electron chi connectivity index (χ2n) is 4.93. The Morgan fingerprint density at radius 3 is 2.60 bits per heavy atom. The van der Waals surface area contributed by atoms with Crippen molar-refractivity contribution in [3.8, 4) is 12.3 Å². The normalized spacial score (nSPS) is 23.3. The van der Waals surface area contributed by atoms with E-state index < -0.39 is 0 Å². The van der Waals surface area contributed by atoms with Gasteiger partial charge in [0.05, 0.1) is 0 Å². The smallest absolute Gasteiger partial charge is 0.224 e. The van der Waals surface area contributed by atoms with Gasteiger partial charge in [-0.3, -0.25) is 4.79 Å². The van der Waals surface area contributed by atoms with E-state index in [-0.39, 0.29) is 11.8 Å². The summed E-state index contributed by atoms with van der Waals surface area (Å²) in [6, 6.07) is 0.346. The fourth-order valence-electron chi connectivity index (χ4n) is 2.00. The Morgan fingerprint density at radius 2 is 2.13 bits per heavy atom. The third-order valence-corrected chi connectivity index (χ3v) is 3.09. The molecule has 1 amide bonds. The fourth-order valence-corrected chi connectivity index (χ4v) is 2.00. The van der Waals surface area contributed by atoms with Crippen LogP contribution in [0.15, 0.2) is 0 Å². The predicted octanol–water partition coefficient (Wildman–Crippen LogP) is 2.29. The summed E-state index contributed by atoms with van der Waals surface area (Å²) in [5.41, 5.74) is 0. The van der Waals surface area contributed by atoms with Crippen LogP contribution in [0.3, 0.4) is 0 Å². The zero-order valence-corrected chi connectivity index (χ0v) is 9.99. The van der Waals surface area contributed by atoms with E-state index in [0.717, 1.165) is 13.0 Å². The number of hydrogen-bond donors (Lipinski definition) is 0. The molecule has 2 heteroatoms. The van der Waals surface area contributed by atoms with Crippen LogP contribution in [0.25, 0.3) is 0 Å². The summed E-state index contributed by atoms with van der Waals surface area (Å²) in [7, 11) is 0. The molecule has 0 bridgehead atoms. The lowest BCUT2D eigenvalue weighted by molar-refractivity contribution is -0.129. The Labute approximate surface area is 93.0 Å². The molecule has 1 saturated heterocycles. The van der Waals surface area contributed by atoms with Crippen LogP contribution in [-0.2, 0) is 4.79 Å². The van der Waals surface area contributed by atoms with Crippen molar-refractivity contribution < 1.29 is 4.79 Å². The van der Waals surface area contributed by atoms with Crippen molar-refractivity contribution in [3.05, 3.63) is 0 Å². The highest BCUT2D eigenvalue weighted by atomic mass is 16.2. The van der Waals surface area contributed by atoms with Crippen molar-refractivity contribution in [3.63, 3.8) is 0 Å². The van der Waals surface area contributed by atoms with Gasteiger partial charge in [-0.15, -0.1) is 12.3 Å². The van der Waals surface area contributed by atoms with E-state index >= 15 is 0 Å². The Balaban J connectivity index is 2.43. The monoisotopic (exact) mass is 207 g/mol. The first kappa shape index (κ1) is 12.1. The van der Waals surface area contributed by atoms with Crippen molar-refractivity contribution in [2.45, 2.75) is 46.1 Å². The summed E-state index contributed by atoms with van der Waals surface area (Å²) in [6.07, 6.45) is 8.15. The van der Waals surface area contributed by atoms with E-state index in [2.05, 4.69) is 26.7 Å². The van der Waals surface area contributed by atoms with Crippen molar-refractivity contribution in [2.24, 2.45) is 11.8 Å². The molecule has 0 spiro atoms. The van der Waals surface area contributed by atoms with Gasteiger partial charge in [0.25, 0.3) is 0 Å². The molecule has 0 aromatic carbocycles. The Kier molecular flexibility index (Phi) is 4.20. The third kappa shape index (κ3) is 3.27. The van der Waals surface area contributed by atoms with Gasteiger partial charge in [-0.05, 0) is 25.7 Å². The molecule has 0 aliphatic carbocycles. The summed E-state index contributed by atoms with van der Waals surface area (Å²) in [5.74, 6) is 3.75. The molecule has 0 saturated carbocycles. The molecule has 0 radical (unpaired) electrons. The summed E-state index contributed by atoms with van der Waals surface area (Å²) in [5, 5.41) is 0. The van der Waals surface area contributed by atoms with Gasteiger partial charge in [-0.2, -0.15) is 0 Å². The van der Waals surface area contributed by atoms with Crippen molar-refractivity contribution in [2.75, 3.05) is 6.54 Å². The molecular formula is C13H21NO. The number of terminal acetylenes is 1. The molecule has 0 aromatic rings. The molecule has 1 aliphatic rings. The maximum absolute atomic E-state index is 11.7. The first-order valence-electron chi connectivity index (χ1n) is 5.80. The fraction of sp³-hybridized carbons (Fsp3) is 0.769. The van der Waals surface area contributed by atoms with Gasteiger partial charge < -0.3 is 4.90 Å². The van der Waals surface area contributed by atoms with E-state index in [0.29, 0.717) is 18.4 Å². The first-order valence-corrected chi connectivity index (χ1v) is 5.80. The maximum Gasteiger partial charge on any atom is 0.224 e. The van der Waals surface area contributed by atoms with Gasteiger partial charge in [0.15, 0.2) is 0 Å². The standard InChI is InChI=1S/C13H21NO/c1-5-12-8-13(15)14(9-12)11(4)7-6-10(2)3/h1,10-12H,6-9H2,2-4H3. The molecule has 0 aromatic heterocycles. The van der Waals surface area contributed by atoms with Crippen molar-refractivity contribution >= 4 is 5.91 Å². The van der Waals surface area contributed by atoms with E-state index in [4.69, 9.17) is 6.42 Å². The third-order valence-electron chi connectivity index (χ3n) is 3.09. The van der Waals surface area contributed by atoms with Crippen LogP contribution in [0.2, 0.25) is 0 Å². The highest BCUT2D eigenvalue weighted by molar-refractivity contribution is 5.79. The first-order chi connectivity index (χ1) is 7.04. The lowest BCUT2D eigenvalue weighted by Crippen LogP contribution is -2.34. The number of hydrogen-bond acceptors (Lipinski definition) is 1. The van der Waals surface area contributed by atoms with Crippen molar-refractivity contribution in [1.82, 2.24) is 4.90 Å². The van der Waals surface area contributed by atoms with Crippen LogP contribution >= 0.6 is 0 Å². The molecular weight excluding hydrogens is 186 g/mol. The summed E-state index contributed by atoms with van der Waals surface area (Å²) >= 11 is 0. The van der Waals surface area contributed by atoms with Gasteiger partial charge in [-0.1, -0.05) is 13.8 Å². The van der Waals surface area contributed by atoms with Gasteiger partial charge in [0, 0.05) is 24.9 Å². The van der Waals surface area contributed by atoms with Crippen LogP contribution in [0.1, 0.15) is 40.0 Å². The van der Waals surface area contributed by atoms with Crippen molar-refractivity contribution in [1.29, 1.82) is 0 Å². The highest BCUT2D eigenvalue weighted by Crippen LogP contribution is 2.22. The number of nitrogens with zero attached hydrogens (tertiary/aromatic N) is 1. The quantitative estimate of drug-likeness (QED) is 0.648. The average Bonchev–Trinajstić information content (AvgIpc) is 2.56. The van der Waals surface area contributed by atoms with Crippen LogP contribution in [0.5, 0.6) is 0 Å². The van der Waals surface area contributed by atoms with Gasteiger partial charge in [-0.25, -0.2) is 0 Å². The Morgan fingerprint density at radius 1 is 1.47 bits per heavy atom. The molecule has 2 atom stereocenters. The second-order valence-corrected chi connectivity index (χ2v) is 4.93. The number of amides is 1. The number of rotatable bonds is 4. The molecule has 84 valence electrons. The van der Waals surface area contributed by atoms with Gasteiger partial charge >= 0.3 is 0 Å². The topological polar surface area (TPSA) is 20.3 Å². The van der Waals surface area contributed by atoms with Crippen LogP contribution in [0.4, 0.5) is 0 Å². The predicted molar refractivity (Wildman–Crippen MR) is 62.2 cm³/mol. The number of likely N-dealkylation sites (tertiary alicyclic amines) is 1. The van der Waals surface area contributed by atoms with E-state index in [1.54, 1.807) is 0 Å². The summed E-state index contributed by atoms with van der Waals surface area (Å²) in [6.45, 7) is 7.30. The minimum Gasteiger partial charge on any atom is -0.339 e. The van der Waals surface area contributed by atoms with Crippen LogP contribution in [-0.4, -0.2) is 23.4 Å². The number of carbonyl (C=O) groups is 1. The molecule has 1 aliphatic heterocycles. The zero-order valence-electron chi connectivity index (χ0n) is 9.99. The lowest BCUT2D eigenvalue weighted by Gasteiger charge is -2.25. The molecule has 0 N–H and O–H groups in total. The summed E-state index contributed by atoms with van der Waals surface area (Å²) in [4.78, 5) is 13.6. The SMILES string of the molecule is C#CC1CC(=O)N(C(C)CCC(C)C)C1. The van der Waals surface area contributed by atoms with Crippen LogP contribution in [0, 0.1) is 24.2 Å². The molecule has 1 heterocycles. The van der Waals surface area contributed by atoms with E-state index in [9.17, 15) is 4.79 Å². The largest absolute Gasteiger partial charge is 0.339 e. The number of carbonyl (C=O) groups excluding carboxylic acids is 1. The second kappa shape index (κ2) is 5.21. The lowest BCUT2D eigenvalue weighted by atomic mass is 10.0. The van der Waals surface area contributed by atoms with E-state index in [1.807, 2.05) is 4.90 Å². The minimum atomic E-state index is 0.138. The molecule has 1 fully saturated rings. The van der Waals surface area contributed by atoms with Gasteiger partial charge in [0.2, 0.25) is 5.91 Å². The Bertz CT molecular complexity index is 264. The Hall–Kier alpha value is -0.970. The molecule has 2 nitrogen and oxygen atoms in total. The molecule has 2 unspecified atom stereocenters. The molecule has 15 heavy (non-hydrogen) atoms. The van der Waals surface area contributed by atoms with E-state index in [1.165, 1.54) is 6.42 Å². The summed E-state index contributed by atoms with van der Waals surface area (Å²) < 4.78 is 0. The highest BCUT2D eigenvalue weighted by Gasteiger charge is 2.31. The minimum absolute atomic E-state index is 0.138. The average molecular weight is 207 g/mol. The maximum atomic E-state index is 11.7. The zero-order chi connectivity index (χ0) is 11.4. The van der Waals surface area contributed by atoms with Crippen LogP contribution < -0.4 is 0 Å².